The highest BCUT2D eigenvalue weighted by molar-refractivity contribution is 5.43. The predicted octanol–water partition coefficient (Wildman–Crippen LogP) is 5.07. The molecule has 0 amide bonds. The molecule has 0 radical (unpaired) electrons. The lowest BCUT2D eigenvalue weighted by atomic mass is 10.2. The number of hydrogen-bond donors (Lipinski definition) is 0. The van der Waals surface area contributed by atoms with Crippen molar-refractivity contribution in [1.82, 2.24) is 9.97 Å². The van der Waals surface area contributed by atoms with Crippen LogP contribution in [-0.2, 0) is 13.1 Å². The van der Waals surface area contributed by atoms with Crippen LogP contribution in [0, 0.1) is 0 Å². The van der Waals surface area contributed by atoms with Crippen LogP contribution in [0.25, 0.3) is 0 Å². The largest absolute Gasteiger partial charge is 0.467 e. The van der Waals surface area contributed by atoms with E-state index in [9.17, 15) is 0 Å². The molecule has 0 spiro atoms. The zero-order chi connectivity index (χ0) is 18.3. The van der Waals surface area contributed by atoms with Crippen LogP contribution < -0.4 is 9.64 Å². The van der Waals surface area contributed by atoms with E-state index in [1.165, 1.54) is 11.9 Å². The van der Waals surface area contributed by atoms with Gasteiger partial charge in [0.2, 0.25) is 5.88 Å². The number of anilines is 1. The van der Waals surface area contributed by atoms with Gasteiger partial charge in [-0.1, -0.05) is 48.5 Å². The molecule has 0 aliphatic rings. The van der Waals surface area contributed by atoms with E-state index in [4.69, 9.17) is 9.15 Å². The van der Waals surface area contributed by atoms with E-state index in [0.29, 0.717) is 19.0 Å². The molecule has 0 N–H and O–H groups in total. The zero-order valence-electron chi connectivity index (χ0n) is 14.7. The molecule has 0 fully saturated rings. The Kier molecular flexibility index (Phi) is 5.11. The summed E-state index contributed by atoms with van der Waals surface area (Å²) in [4.78, 5) is 10.8. The molecule has 0 atom stereocenters. The molecule has 2 heterocycles. The Morgan fingerprint density at radius 3 is 2.33 bits per heavy atom. The summed E-state index contributed by atoms with van der Waals surface area (Å²) in [6.45, 7) is 1.30. The van der Waals surface area contributed by atoms with Crippen LogP contribution in [0.4, 0.5) is 5.82 Å². The molecule has 134 valence electrons. The van der Waals surface area contributed by atoms with Crippen LogP contribution >= 0.6 is 0 Å². The second kappa shape index (κ2) is 8.19. The Labute approximate surface area is 157 Å². The number of furan rings is 1. The van der Waals surface area contributed by atoms with Crippen molar-refractivity contribution >= 4 is 5.82 Å². The molecule has 0 saturated carbocycles. The SMILES string of the molecule is c1ccc(CN(Cc2ccco2)c2cc(Oc3ccccc3)ncn2)cc1. The third kappa shape index (κ3) is 4.52. The molecule has 0 unspecified atom stereocenters. The molecule has 2 aromatic heterocycles. The lowest BCUT2D eigenvalue weighted by Gasteiger charge is -2.23. The van der Waals surface area contributed by atoms with Crippen molar-refractivity contribution in [3.63, 3.8) is 0 Å². The Morgan fingerprint density at radius 1 is 0.815 bits per heavy atom. The van der Waals surface area contributed by atoms with E-state index in [0.717, 1.165) is 17.3 Å². The molecule has 2 aromatic carbocycles. The van der Waals surface area contributed by atoms with Gasteiger partial charge in [0.05, 0.1) is 12.8 Å². The monoisotopic (exact) mass is 357 g/mol. The Balaban J connectivity index is 1.59. The van der Waals surface area contributed by atoms with Crippen molar-refractivity contribution in [2.45, 2.75) is 13.1 Å². The zero-order valence-corrected chi connectivity index (χ0v) is 14.7. The Hall–Kier alpha value is -3.60. The summed E-state index contributed by atoms with van der Waals surface area (Å²) in [6, 6.07) is 25.5. The number of rotatable bonds is 7. The summed E-state index contributed by atoms with van der Waals surface area (Å²) in [5.41, 5.74) is 1.19. The van der Waals surface area contributed by atoms with Gasteiger partial charge in [0, 0.05) is 12.6 Å². The van der Waals surface area contributed by atoms with Gasteiger partial charge in [0.15, 0.2) is 0 Å². The van der Waals surface area contributed by atoms with Crippen LogP contribution in [0.2, 0.25) is 0 Å². The number of nitrogens with zero attached hydrogens (tertiary/aromatic N) is 3. The van der Waals surface area contributed by atoms with E-state index in [1.54, 1.807) is 6.26 Å². The van der Waals surface area contributed by atoms with Gasteiger partial charge in [0.25, 0.3) is 0 Å². The molecule has 27 heavy (non-hydrogen) atoms. The van der Waals surface area contributed by atoms with Crippen molar-refractivity contribution < 1.29 is 9.15 Å². The molecule has 4 rings (SSSR count). The lowest BCUT2D eigenvalue weighted by Crippen LogP contribution is -2.23. The van der Waals surface area contributed by atoms with Crippen LogP contribution in [0.5, 0.6) is 11.6 Å². The molecule has 0 aliphatic carbocycles. The van der Waals surface area contributed by atoms with Crippen LogP contribution in [0.3, 0.4) is 0 Å². The minimum Gasteiger partial charge on any atom is -0.467 e. The lowest BCUT2D eigenvalue weighted by molar-refractivity contribution is 0.460. The fourth-order valence-corrected chi connectivity index (χ4v) is 2.78. The normalized spacial score (nSPS) is 10.5. The van der Waals surface area contributed by atoms with Gasteiger partial charge >= 0.3 is 0 Å². The molecule has 4 aromatic rings. The quantitative estimate of drug-likeness (QED) is 0.462. The number of aromatic nitrogens is 2. The summed E-state index contributed by atoms with van der Waals surface area (Å²) in [5, 5.41) is 0. The van der Waals surface area contributed by atoms with Gasteiger partial charge in [-0.15, -0.1) is 0 Å². The number of benzene rings is 2. The van der Waals surface area contributed by atoms with E-state index < -0.39 is 0 Å². The molecule has 0 aliphatic heterocycles. The molecular formula is C22H19N3O2. The first-order valence-electron chi connectivity index (χ1n) is 8.73. The average molecular weight is 357 g/mol. The minimum atomic E-state index is 0.503. The van der Waals surface area contributed by atoms with Crippen molar-refractivity contribution in [2.24, 2.45) is 0 Å². The van der Waals surface area contributed by atoms with E-state index >= 15 is 0 Å². The minimum absolute atomic E-state index is 0.503. The topological polar surface area (TPSA) is 51.4 Å². The molecule has 0 saturated heterocycles. The van der Waals surface area contributed by atoms with Crippen molar-refractivity contribution in [1.29, 1.82) is 0 Å². The first kappa shape index (κ1) is 16.8. The van der Waals surface area contributed by atoms with Gasteiger partial charge in [-0.3, -0.25) is 0 Å². The summed E-state index contributed by atoms with van der Waals surface area (Å²) in [7, 11) is 0. The maximum Gasteiger partial charge on any atom is 0.224 e. The average Bonchev–Trinajstić information content (AvgIpc) is 3.23. The number of ether oxygens (including phenoxy) is 1. The van der Waals surface area contributed by atoms with Crippen LogP contribution in [0.1, 0.15) is 11.3 Å². The molecule has 5 heteroatoms. The van der Waals surface area contributed by atoms with Crippen molar-refractivity contribution in [3.8, 4) is 11.6 Å². The maximum absolute atomic E-state index is 5.85. The van der Waals surface area contributed by atoms with Crippen molar-refractivity contribution in [2.75, 3.05) is 4.90 Å². The first-order valence-corrected chi connectivity index (χ1v) is 8.73. The highest BCUT2D eigenvalue weighted by Gasteiger charge is 2.13. The fourth-order valence-electron chi connectivity index (χ4n) is 2.78. The summed E-state index contributed by atoms with van der Waals surface area (Å²) in [5.74, 6) is 2.89. The number of para-hydroxylation sites is 1. The molecular weight excluding hydrogens is 338 g/mol. The third-order valence-corrected chi connectivity index (χ3v) is 4.06. The van der Waals surface area contributed by atoms with Gasteiger partial charge in [-0.05, 0) is 29.8 Å². The van der Waals surface area contributed by atoms with Gasteiger partial charge < -0.3 is 14.1 Å². The fraction of sp³-hybridized carbons (Fsp3) is 0.0909. The summed E-state index contributed by atoms with van der Waals surface area (Å²) in [6.07, 6.45) is 3.20. The van der Waals surface area contributed by atoms with Gasteiger partial charge in [-0.25, -0.2) is 9.97 Å². The highest BCUT2D eigenvalue weighted by atomic mass is 16.5. The smallest absolute Gasteiger partial charge is 0.224 e. The van der Waals surface area contributed by atoms with Gasteiger partial charge in [-0.2, -0.15) is 0 Å². The van der Waals surface area contributed by atoms with E-state index in [2.05, 4.69) is 27.0 Å². The highest BCUT2D eigenvalue weighted by Crippen LogP contribution is 2.24. The Bertz CT molecular complexity index is 957. The van der Waals surface area contributed by atoms with Crippen molar-refractivity contribution in [3.05, 3.63) is 103 Å². The van der Waals surface area contributed by atoms with E-state index in [-0.39, 0.29) is 0 Å². The second-order valence-electron chi connectivity index (χ2n) is 6.05. The summed E-state index contributed by atoms with van der Waals surface area (Å²) < 4.78 is 11.4. The molecule has 0 bridgehead atoms. The van der Waals surface area contributed by atoms with Crippen LogP contribution in [0.15, 0.2) is 95.9 Å². The van der Waals surface area contributed by atoms with Gasteiger partial charge in [0.1, 0.15) is 23.7 Å². The molecule has 5 nitrogen and oxygen atoms in total. The van der Waals surface area contributed by atoms with Crippen LogP contribution in [-0.4, -0.2) is 9.97 Å². The predicted molar refractivity (Wildman–Crippen MR) is 104 cm³/mol. The third-order valence-electron chi connectivity index (χ3n) is 4.06. The first-order chi connectivity index (χ1) is 13.4. The summed E-state index contributed by atoms with van der Waals surface area (Å²) >= 11 is 0. The standard InChI is InChI=1S/C22H19N3O2/c1-3-8-18(9-4-1)15-25(16-20-12-7-13-26-20)21-14-22(24-17-23-21)27-19-10-5-2-6-11-19/h1-14,17H,15-16H2. The number of hydrogen-bond acceptors (Lipinski definition) is 5. The Morgan fingerprint density at radius 2 is 1.59 bits per heavy atom. The maximum atomic E-state index is 5.85. The van der Waals surface area contributed by atoms with E-state index in [1.807, 2.05) is 66.7 Å². The second-order valence-corrected chi connectivity index (χ2v) is 6.05.